The molecule has 0 aliphatic carbocycles. The highest BCUT2D eigenvalue weighted by atomic mass is 16.6. The van der Waals surface area contributed by atoms with Crippen molar-refractivity contribution in [3.05, 3.63) is 59.7 Å². The fourth-order valence-electron chi connectivity index (χ4n) is 6.73. The number of nitrogens with zero attached hydrogens (tertiary/aromatic N) is 2. The van der Waals surface area contributed by atoms with Gasteiger partial charge in [0.2, 0.25) is 5.60 Å². The average Bonchev–Trinajstić information content (AvgIpc) is 3.51. The zero-order valence-electron chi connectivity index (χ0n) is 18.1. The molecule has 1 amide bonds. The van der Waals surface area contributed by atoms with E-state index in [1.807, 2.05) is 57.7 Å². The zero-order valence-corrected chi connectivity index (χ0v) is 18.1. The molecular weight excluding hydrogens is 434 g/mol. The SMILES string of the molecule is C[C@@]12O[C@@H](C[C@@]1(O)C(=O)O)n1c3ccccc3c3c4c(c5c6ccccc6n2c5c31)CNC4=O. The van der Waals surface area contributed by atoms with Gasteiger partial charge in [0.1, 0.15) is 6.23 Å². The van der Waals surface area contributed by atoms with Crippen molar-refractivity contribution in [2.75, 3.05) is 0 Å². The number of hydrogen-bond donors (Lipinski definition) is 3. The molecule has 0 unspecified atom stereocenters. The molecule has 0 saturated carbocycles. The molecule has 8 nitrogen and oxygen atoms in total. The zero-order chi connectivity index (χ0) is 23.1. The number of fused-ring (bicyclic) bond motifs is 13. The van der Waals surface area contributed by atoms with Gasteiger partial charge in [0.05, 0.1) is 27.6 Å². The average molecular weight is 453 g/mol. The van der Waals surface area contributed by atoms with Crippen LogP contribution in [0.5, 0.6) is 0 Å². The molecule has 2 aromatic heterocycles. The molecule has 3 atom stereocenters. The van der Waals surface area contributed by atoms with Gasteiger partial charge in [-0.15, -0.1) is 0 Å². The molecule has 5 aromatic rings. The number of hydrogen-bond acceptors (Lipinski definition) is 4. The van der Waals surface area contributed by atoms with Gasteiger partial charge in [0, 0.05) is 34.5 Å². The van der Waals surface area contributed by atoms with Crippen molar-refractivity contribution in [3.63, 3.8) is 0 Å². The number of amides is 1. The van der Waals surface area contributed by atoms with Crippen LogP contribution in [-0.2, 0) is 21.8 Å². The number of carbonyl (C=O) groups is 2. The first-order valence-corrected chi connectivity index (χ1v) is 11.3. The number of rotatable bonds is 1. The number of para-hydroxylation sites is 2. The Balaban J connectivity index is 1.77. The number of carboxylic acids is 1. The van der Waals surface area contributed by atoms with Gasteiger partial charge in [-0.1, -0.05) is 36.4 Å². The minimum absolute atomic E-state index is 0.111. The lowest BCUT2D eigenvalue weighted by atomic mass is 9.89. The van der Waals surface area contributed by atoms with Crippen LogP contribution in [0.25, 0.3) is 43.6 Å². The Bertz CT molecular complexity index is 1810. The molecule has 8 heteroatoms. The Hall–Kier alpha value is -3.88. The van der Waals surface area contributed by atoms with Crippen molar-refractivity contribution in [3.8, 4) is 0 Å². The van der Waals surface area contributed by atoms with Crippen molar-refractivity contribution in [1.82, 2.24) is 14.5 Å². The van der Waals surface area contributed by atoms with E-state index in [2.05, 4.69) is 5.32 Å². The normalized spacial score (nSPS) is 27.2. The van der Waals surface area contributed by atoms with Crippen LogP contribution in [0.1, 0.15) is 35.5 Å². The van der Waals surface area contributed by atoms with E-state index >= 15 is 0 Å². The quantitative estimate of drug-likeness (QED) is 0.360. The molecular formula is C26H19N3O5. The van der Waals surface area contributed by atoms with Crippen molar-refractivity contribution < 1.29 is 24.5 Å². The second-order valence-corrected chi connectivity index (χ2v) is 9.65. The maximum atomic E-state index is 13.2. The van der Waals surface area contributed by atoms with Crippen LogP contribution in [0, 0.1) is 0 Å². The van der Waals surface area contributed by atoms with Gasteiger partial charge >= 0.3 is 5.97 Å². The number of aromatic nitrogens is 2. The molecule has 5 heterocycles. The lowest BCUT2D eigenvalue weighted by Gasteiger charge is -2.36. The lowest BCUT2D eigenvalue weighted by molar-refractivity contribution is -0.200. The summed E-state index contributed by atoms with van der Waals surface area (Å²) in [6.45, 7) is 2.04. The summed E-state index contributed by atoms with van der Waals surface area (Å²) < 4.78 is 10.4. The predicted octanol–water partition coefficient (Wildman–Crippen LogP) is 3.57. The lowest BCUT2D eigenvalue weighted by Crippen LogP contribution is -2.55. The first kappa shape index (κ1) is 18.5. The van der Waals surface area contributed by atoms with Crippen molar-refractivity contribution in [2.45, 2.75) is 37.4 Å². The van der Waals surface area contributed by atoms with E-state index in [1.54, 1.807) is 6.92 Å². The predicted molar refractivity (Wildman–Crippen MR) is 125 cm³/mol. The standard InChI is InChI=1S/C26H19N3O5/c1-25-26(33,24(31)32)10-17(34-25)28-15-8-4-2-6-12(15)19-20-14(11-27-23(20)30)18-13-7-3-5-9-16(13)29(25)22(18)21(19)28/h2-9,17,33H,10-11H2,1H3,(H,27,30)(H,31,32)/t17-,25+,26+/m0/s1. The fraction of sp³-hybridized carbons (Fsp3) is 0.231. The molecule has 1 saturated heterocycles. The van der Waals surface area contributed by atoms with Crippen LogP contribution in [0.3, 0.4) is 0 Å². The molecule has 8 rings (SSSR count). The van der Waals surface area contributed by atoms with Crippen molar-refractivity contribution in [1.29, 1.82) is 0 Å². The molecule has 3 N–H and O–H groups in total. The highest BCUT2D eigenvalue weighted by molar-refractivity contribution is 6.31. The van der Waals surface area contributed by atoms with Gasteiger partial charge < -0.3 is 29.4 Å². The van der Waals surface area contributed by atoms with Crippen LogP contribution in [0.4, 0.5) is 0 Å². The minimum Gasteiger partial charge on any atom is -0.479 e. The van der Waals surface area contributed by atoms with Crippen LogP contribution < -0.4 is 5.32 Å². The first-order valence-electron chi connectivity index (χ1n) is 11.3. The molecule has 3 aliphatic heterocycles. The largest absolute Gasteiger partial charge is 0.479 e. The first-order chi connectivity index (χ1) is 16.4. The van der Waals surface area contributed by atoms with Gasteiger partial charge in [-0.05, 0) is 24.6 Å². The van der Waals surface area contributed by atoms with E-state index < -0.39 is 23.5 Å². The second-order valence-electron chi connectivity index (χ2n) is 9.65. The molecule has 3 aliphatic rings. The number of aliphatic carboxylic acids is 1. The third kappa shape index (κ3) is 1.71. The Labute approximate surface area is 191 Å². The summed E-state index contributed by atoms with van der Waals surface area (Å²) in [6, 6.07) is 15.5. The second kappa shape index (κ2) is 5.43. The molecule has 0 spiro atoms. The van der Waals surface area contributed by atoms with Crippen LogP contribution >= 0.6 is 0 Å². The van der Waals surface area contributed by atoms with Gasteiger partial charge in [-0.3, -0.25) is 4.79 Å². The summed E-state index contributed by atoms with van der Waals surface area (Å²) in [5.41, 5.74) is 1.05. The minimum atomic E-state index is -2.16. The van der Waals surface area contributed by atoms with Crippen LogP contribution in [-0.4, -0.2) is 36.8 Å². The Morgan fingerprint density at radius 1 is 1.06 bits per heavy atom. The van der Waals surface area contributed by atoms with Gasteiger partial charge in [0.25, 0.3) is 5.91 Å². The Morgan fingerprint density at radius 3 is 2.47 bits per heavy atom. The van der Waals surface area contributed by atoms with Crippen molar-refractivity contribution >= 4 is 55.5 Å². The molecule has 3 aromatic carbocycles. The molecule has 0 radical (unpaired) electrons. The molecule has 34 heavy (non-hydrogen) atoms. The van der Waals surface area contributed by atoms with Gasteiger partial charge in [0.15, 0.2) is 5.72 Å². The highest BCUT2D eigenvalue weighted by Crippen LogP contribution is 2.57. The topological polar surface area (TPSA) is 106 Å². The Morgan fingerprint density at radius 2 is 1.74 bits per heavy atom. The summed E-state index contributed by atoms with van der Waals surface area (Å²) in [5.74, 6) is -1.43. The number of ether oxygens (including phenoxy) is 1. The summed E-state index contributed by atoms with van der Waals surface area (Å²) in [7, 11) is 0. The third-order valence-corrected chi connectivity index (χ3v) is 8.19. The molecule has 168 valence electrons. The van der Waals surface area contributed by atoms with E-state index in [0.29, 0.717) is 12.1 Å². The summed E-state index contributed by atoms with van der Waals surface area (Å²) >= 11 is 0. The monoisotopic (exact) mass is 453 g/mol. The summed E-state index contributed by atoms with van der Waals surface area (Å²) in [5, 5.41) is 28.4. The number of benzene rings is 3. The van der Waals surface area contributed by atoms with E-state index in [0.717, 1.165) is 49.2 Å². The fourth-order valence-corrected chi connectivity index (χ4v) is 6.73. The summed E-state index contributed by atoms with van der Waals surface area (Å²) in [6.07, 6.45) is -0.846. The number of carbonyl (C=O) groups excluding carboxylic acids is 1. The van der Waals surface area contributed by atoms with E-state index in [-0.39, 0.29) is 12.3 Å². The van der Waals surface area contributed by atoms with E-state index in [9.17, 15) is 19.8 Å². The highest BCUT2D eigenvalue weighted by Gasteiger charge is 2.65. The molecule has 1 fully saturated rings. The van der Waals surface area contributed by atoms with Crippen molar-refractivity contribution in [2.24, 2.45) is 0 Å². The van der Waals surface area contributed by atoms with Crippen LogP contribution in [0.2, 0.25) is 0 Å². The third-order valence-electron chi connectivity index (χ3n) is 8.19. The number of carboxylic acid groups (broad SMARTS) is 1. The summed E-state index contributed by atoms with van der Waals surface area (Å²) in [4.78, 5) is 25.7. The maximum Gasteiger partial charge on any atom is 0.341 e. The van der Waals surface area contributed by atoms with Gasteiger partial charge in [-0.25, -0.2) is 4.79 Å². The van der Waals surface area contributed by atoms with E-state index in [4.69, 9.17) is 4.74 Å². The van der Waals surface area contributed by atoms with E-state index in [1.165, 1.54) is 0 Å². The van der Waals surface area contributed by atoms with Gasteiger partial charge in [-0.2, -0.15) is 0 Å². The van der Waals surface area contributed by atoms with Crippen LogP contribution in [0.15, 0.2) is 48.5 Å². The Kier molecular flexibility index (Phi) is 2.96. The number of aliphatic hydroxyl groups is 1. The number of nitrogens with one attached hydrogen (secondary N) is 1. The smallest absolute Gasteiger partial charge is 0.341 e. The maximum absolute atomic E-state index is 13.2. The molecule has 2 bridgehead atoms.